The number of hydrogen-bond acceptors (Lipinski definition) is 5. The zero-order chi connectivity index (χ0) is 24.2. The van der Waals surface area contributed by atoms with Crippen molar-refractivity contribution in [3.63, 3.8) is 0 Å². The van der Waals surface area contributed by atoms with E-state index >= 15 is 0 Å². The van der Waals surface area contributed by atoms with Gasteiger partial charge in [0.2, 0.25) is 5.91 Å². The number of methoxy groups -OCH3 is 1. The van der Waals surface area contributed by atoms with Gasteiger partial charge in [0, 0.05) is 18.9 Å². The van der Waals surface area contributed by atoms with E-state index in [2.05, 4.69) is 24.3 Å². The number of amides is 1. The van der Waals surface area contributed by atoms with Crippen molar-refractivity contribution in [2.75, 3.05) is 25.2 Å². The fourth-order valence-corrected chi connectivity index (χ4v) is 5.87. The van der Waals surface area contributed by atoms with E-state index in [9.17, 15) is 4.79 Å². The standard InChI is InChI=1S/C28H27ClN2O3S/c1-33-24-15-14-23(29)27-26(24)30-28(35-27)31(18-21-13-8-16-34-21)25(32)17-22(19-9-4-2-5-10-19)20-11-6-3-7-12-20/h2-7,9-12,14-15,21-22H,8,13,16-18H2,1H3. The topological polar surface area (TPSA) is 51.7 Å². The highest BCUT2D eigenvalue weighted by Gasteiger charge is 2.29. The Balaban J connectivity index is 1.52. The van der Waals surface area contributed by atoms with E-state index in [1.165, 1.54) is 11.3 Å². The molecule has 5 nitrogen and oxygen atoms in total. The molecule has 35 heavy (non-hydrogen) atoms. The summed E-state index contributed by atoms with van der Waals surface area (Å²) >= 11 is 7.90. The average molecular weight is 507 g/mol. The average Bonchev–Trinajstić information content (AvgIpc) is 3.58. The van der Waals surface area contributed by atoms with Gasteiger partial charge in [0.05, 0.1) is 29.5 Å². The van der Waals surface area contributed by atoms with E-state index in [0.717, 1.165) is 35.3 Å². The lowest BCUT2D eigenvalue weighted by Gasteiger charge is -2.26. The lowest BCUT2D eigenvalue weighted by atomic mass is 9.88. The Morgan fingerprint density at radius 1 is 1.11 bits per heavy atom. The second-order valence-corrected chi connectivity index (χ2v) is 10.0. The van der Waals surface area contributed by atoms with Crippen LogP contribution in [0.2, 0.25) is 5.02 Å². The minimum absolute atomic E-state index is 0.00442. The summed E-state index contributed by atoms with van der Waals surface area (Å²) in [5, 5.41) is 1.22. The van der Waals surface area contributed by atoms with Crippen molar-refractivity contribution >= 4 is 44.2 Å². The number of benzene rings is 3. The van der Waals surface area contributed by atoms with Crippen LogP contribution in [-0.4, -0.2) is 37.3 Å². The number of aromatic nitrogens is 1. The van der Waals surface area contributed by atoms with E-state index in [1.807, 2.05) is 36.4 Å². The second-order valence-electron chi connectivity index (χ2n) is 8.64. The van der Waals surface area contributed by atoms with E-state index in [0.29, 0.717) is 34.4 Å². The molecule has 1 aliphatic rings. The van der Waals surface area contributed by atoms with Gasteiger partial charge >= 0.3 is 0 Å². The second kappa shape index (κ2) is 10.8. The number of carbonyl (C=O) groups excluding carboxylic acids is 1. The summed E-state index contributed by atoms with van der Waals surface area (Å²) in [6.45, 7) is 1.19. The fourth-order valence-electron chi connectivity index (χ4n) is 4.58. The summed E-state index contributed by atoms with van der Waals surface area (Å²) < 4.78 is 12.2. The molecule has 5 rings (SSSR count). The SMILES string of the molecule is COc1ccc(Cl)c2sc(N(CC3CCCO3)C(=O)CC(c3ccccc3)c3ccccc3)nc12. The Bertz CT molecular complexity index is 1250. The van der Waals surface area contributed by atoms with Gasteiger partial charge in [0.15, 0.2) is 5.13 Å². The van der Waals surface area contributed by atoms with Crippen LogP contribution in [-0.2, 0) is 9.53 Å². The van der Waals surface area contributed by atoms with E-state index < -0.39 is 0 Å². The Hall–Kier alpha value is -2.93. The number of thiazole rings is 1. The van der Waals surface area contributed by atoms with Gasteiger partial charge in [-0.1, -0.05) is 83.6 Å². The van der Waals surface area contributed by atoms with Crippen molar-refractivity contribution in [3.8, 4) is 5.75 Å². The monoisotopic (exact) mass is 506 g/mol. The molecule has 1 fully saturated rings. The Kier molecular flexibility index (Phi) is 7.32. The number of fused-ring (bicyclic) bond motifs is 1. The molecule has 1 aliphatic heterocycles. The highest BCUT2D eigenvalue weighted by Crippen LogP contribution is 2.40. The molecule has 3 aromatic carbocycles. The van der Waals surface area contributed by atoms with Gasteiger partial charge in [0.1, 0.15) is 11.3 Å². The summed E-state index contributed by atoms with van der Waals surface area (Å²) in [5.74, 6) is 0.583. The molecule has 2 heterocycles. The molecule has 1 atom stereocenters. The van der Waals surface area contributed by atoms with Crippen LogP contribution in [0, 0.1) is 0 Å². The van der Waals surface area contributed by atoms with Crippen LogP contribution >= 0.6 is 22.9 Å². The molecule has 4 aromatic rings. The maximum atomic E-state index is 14.0. The third kappa shape index (κ3) is 5.20. The van der Waals surface area contributed by atoms with E-state index in [1.54, 1.807) is 24.1 Å². The highest BCUT2D eigenvalue weighted by molar-refractivity contribution is 7.23. The predicted octanol–water partition coefficient (Wildman–Crippen LogP) is 6.69. The third-order valence-electron chi connectivity index (χ3n) is 6.39. The fraction of sp³-hybridized carbons (Fsp3) is 0.286. The molecule has 1 aromatic heterocycles. The minimum atomic E-state index is -0.0654. The smallest absolute Gasteiger partial charge is 0.229 e. The van der Waals surface area contributed by atoms with Crippen LogP contribution in [0.15, 0.2) is 72.8 Å². The van der Waals surface area contributed by atoms with Crippen LogP contribution < -0.4 is 9.64 Å². The van der Waals surface area contributed by atoms with Crippen molar-refractivity contribution in [1.82, 2.24) is 4.98 Å². The van der Waals surface area contributed by atoms with Gasteiger partial charge in [-0.3, -0.25) is 9.69 Å². The number of halogens is 1. The van der Waals surface area contributed by atoms with Crippen molar-refractivity contribution in [1.29, 1.82) is 0 Å². The summed E-state index contributed by atoms with van der Waals surface area (Å²) in [6, 6.07) is 24.0. The first-order chi connectivity index (χ1) is 17.1. The molecule has 0 spiro atoms. The predicted molar refractivity (Wildman–Crippen MR) is 142 cm³/mol. The molecule has 1 amide bonds. The molecule has 0 N–H and O–H groups in total. The number of nitrogens with zero attached hydrogens (tertiary/aromatic N) is 2. The van der Waals surface area contributed by atoms with Crippen LogP contribution in [0.1, 0.15) is 36.3 Å². The van der Waals surface area contributed by atoms with E-state index in [-0.39, 0.29) is 17.9 Å². The normalized spacial score (nSPS) is 15.6. The molecule has 1 saturated heterocycles. The molecule has 0 bridgehead atoms. The van der Waals surface area contributed by atoms with Crippen molar-refractivity contribution in [2.24, 2.45) is 0 Å². The first-order valence-electron chi connectivity index (χ1n) is 11.8. The zero-order valence-corrected chi connectivity index (χ0v) is 21.1. The first kappa shape index (κ1) is 23.8. The summed E-state index contributed by atoms with van der Waals surface area (Å²) in [7, 11) is 1.61. The number of anilines is 1. The third-order valence-corrected chi connectivity index (χ3v) is 7.93. The Morgan fingerprint density at radius 2 is 1.80 bits per heavy atom. The Morgan fingerprint density at radius 3 is 2.40 bits per heavy atom. The van der Waals surface area contributed by atoms with Crippen LogP contribution in [0.4, 0.5) is 5.13 Å². The molecular weight excluding hydrogens is 480 g/mol. The largest absolute Gasteiger partial charge is 0.494 e. The maximum absolute atomic E-state index is 14.0. The minimum Gasteiger partial charge on any atom is -0.494 e. The van der Waals surface area contributed by atoms with Crippen molar-refractivity contribution < 1.29 is 14.3 Å². The highest BCUT2D eigenvalue weighted by atomic mass is 35.5. The first-order valence-corrected chi connectivity index (χ1v) is 13.0. The zero-order valence-electron chi connectivity index (χ0n) is 19.5. The number of hydrogen-bond donors (Lipinski definition) is 0. The number of carbonyl (C=O) groups is 1. The summed E-state index contributed by atoms with van der Waals surface area (Å²) in [5.41, 5.74) is 2.89. The Labute approximate surface area is 214 Å². The molecule has 0 saturated carbocycles. The lowest BCUT2D eigenvalue weighted by Crippen LogP contribution is -2.38. The quantitative estimate of drug-likeness (QED) is 0.267. The van der Waals surface area contributed by atoms with Gasteiger partial charge in [-0.25, -0.2) is 4.98 Å². The summed E-state index contributed by atoms with van der Waals surface area (Å²) in [6.07, 6.45) is 2.25. The van der Waals surface area contributed by atoms with Crippen molar-refractivity contribution in [3.05, 3.63) is 88.9 Å². The molecule has 180 valence electrons. The maximum Gasteiger partial charge on any atom is 0.229 e. The van der Waals surface area contributed by atoms with Crippen LogP contribution in [0.3, 0.4) is 0 Å². The summed E-state index contributed by atoms with van der Waals surface area (Å²) in [4.78, 5) is 20.6. The van der Waals surface area contributed by atoms with Gasteiger partial charge in [-0.2, -0.15) is 0 Å². The van der Waals surface area contributed by atoms with Gasteiger partial charge in [-0.15, -0.1) is 0 Å². The molecule has 0 radical (unpaired) electrons. The number of ether oxygens (including phenoxy) is 2. The van der Waals surface area contributed by atoms with Crippen LogP contribution in [0.5, 0.6) is 5.75 Å². The number of rotatable bonds is 8. The molecule has 1 unspecified atom stereocenters. The van der Waals surface area contributed by atoms with Gasteiger partial charge in [0.25, 0.3) is 0 Å². The molecule has 7 heteroatoms. The molecular formula is C28H27ClN2O3S. The van der Waals surface area contributed by atoms with E-state index in [4.69, 9.17) is 26.1 Å². The lowest BCUT2D eigenvalue weighted by molar-refractivity contribution is -0.119. The molecule has 0 aliphatic carbocycles. The van der Waals surface area contributed by atoms with Crippen LogP contribution in [0.25, 0.3) is 10.2 Å². The van der Waals surface area contributed by atoms with Gasteiger partial charge < -0.3 is 9.47 Å². The van der Waals surface area contributed by atoms with Gasteiger partial charge in [-0.05, 0) is 36.1 Å². The van der Waals surface area contributed by atoms with Crippen molar-refractivity contribution in [2.45, 2.75) is 31.3 Å².